The summed E-state index contributed by atoms with van der Waals surface area (Å²) in [5, 5.41) is 7.55. The fourth-order valence-electron chi connectivity index (χ4n) is 3.17. The maximum atomic E-state index is 12.3. The SMILES string of the molecule is CC(NC(=O)c1cccs1)C(=O)NCC(C)N1CCc2ccccc2C1. The summed E-state index contributed by atoms with van der Waals surface area (Å²) in [6, 6.07) is 11.8. The predicted molar refractivity (Wildman–Crippen MR) is 104 cm³/mol. The van der Waals surface area contributed by atoms with Crippen LogP contribution in [0.15, 0.2) is 41.8 Å². The normalized spacial score (nSPS) is 16.4. The zero-order chi connectivity index (χ0) is 18.5. The zero-order valence-electron chi connectivity index (χ0n) is 15.2. The smallest absolute Gasteiger partial charge is 0.261 e. The maximum Gasteiger partial charge on any atom is 0.261 e. The molecule has 1 aromatic heterocycles. The second kappa shape index (κ2) is 8.47. The van der Waals surface area contributed by atoms with Crippen LogP contribution < -0.4 is 10.6 Å². The topological polar surface area (TPSA) is 61.4 Å². The van der Waals surface area contributed by atoms with Crippen LogP contribution in [-0.4, -0.2) is 41.9 Å². The number of nitrogens with zero attached hydrogens (tertiary/aromatic N) is 1. The number of fused-ring (bicyclic) bond motifs is 1. The largest absolute Gasteiger partial charge is 0.353 e. The molecule has 0 radical (unpaired) electrons. The average molecular weight is 372 g/mol. The van der Waals surface area contributed by atoms with Gasteiger partial charge in [0.25, 0.3) is 5.91 Å². The lowest BCUT2D eigenvalue weighted by Crippen LogP contribution is -2.49. The summed E-state index contributed by atoms with van der Waals surface area (Å²) < 4.78 is 0. The first kappa shape index (κ1) is 18.6. The average Bonchev–Trinajstić information content (AvgIpc) is 3.20. The summed E-state index contributed by atoms with van der Waals surface area (Å²) in [7, 11) is 0. The Morgan fingerprint density at radius 2 is 1.92 bits per heavy atom. The summed E-state index contributed by atoms with van der Waals surface area (Å²) >= 11 is 1.37. The summed E-state index contributed by atoms with van der Waals surface area (Å²) in [4.78, 5) is 27.3. The van der Waals surface area contributed by atoms with Crippen molar-refractivity contribution in [3.05, 3.63) is 57.8 Å². The van der Waals surface area contributed by atoms with E-state index < -0.39 is 6.04 Å². The first-order valence-electron chi connectivity index (χ1n) is 8.97. The molecule has 1 aromatic carbocycles. The van der Waals surface area contributed by atoms with Gasteiger partial charge in [-0.1, -0.05) is 30.3 Å². The Hall–Kier alpha value is -2.18. The minimum Gasteiger partial charge on any atom is -0.353 e. The fourth-order valence-corrected chi connectivity index (χ4v) is 3.79. The van der Waals surface area contributed by atoms with Crippen LogP contribution in [-0.2, 0) is 17.8 Å². The second-order valence-corrected chi connectivity index (χ2v) is 7.70. The van der Waals surface area contributed by atoms with Crippen LogP contribution in [0.4, 0.5) is 0 Å². The zero-order valence-corrected chi connectivity index (χ0v) is 16.0. The predicted octanol–water partition coefficient (Wildman–Crippen LogP) is 2.43. The van der Waals surface area contributed by atoms with Gasteiger partial charge in [0.2, 0.25) is 5.91 Å². The van der Waals surface area contributed by atoms with Crippen molar-refractivity contribution in [2.75, 3.05) is 13.1 Å². The van der Waals surface area contributed by atoms with Gasteiger partial charge in [0, 0.05) is 25.7 Å². The number of nitrogens with one attached hydrogen (secondary N) is 2. The molecule has 2 N–H and O–H groups in total. The number of hydrogen-bond donors (Lipinski definition) is 2. The molecule has 0 saturated carbocycles. The molecule has 2 heterocycles. The molecule has 2 unspecified atom stereocenters. The lowest BCUT2D eigenvalue weighted by atomic mass is 9.99. The van der Waals surface area contributed by atoms with Gasteiger partial charge in [-0.3, -0.25) is 14.5 Å². The molecule has 0 bridgehead atoms. The summed E-state index contributed by atoms with van der Waals surface area (Å²) in [5.74, 6) is -0.359. The standard InChI is InChI=1S/C20H25N3O2S/c1-14(23-10-9-16-6-3-4-7-17(16)13-23)12-21-19(24)15(2)22-20(25)18-8-5-11-26-18/h3-8,11,14-15H,9-10,12-13H2,1-2H3,(H,21,24)(H,22,25). The van der Waals surface area contributed by atoms with E-state index in [2.05, 4.69) is 46.7 Å². The third-order valence-corrected chi connectivity index (χ3v) is 5.71. The van der Waals surface area contributed by atoms with Crippen molar-refractivity contribution in [2.24, 2.45) is 0 Å². The van der Waals surface area contributed by atoms with Gasteiger partial charge in [0.05, 0.1) is 4.88 Å². The molecule has 6 heteroatoms. The number of hydrogen-bond acceptors (Lipinski definition) is 4. The molecule has 0 spiro atoms. The Bertz CT molecular complexity index is 760. The molecule has 2 aromatic rings. The third-order valence-electron chi connectivity index (χ3n) is 4.84. The van der Waals surface area contributed by atoms with Gasteiger partial charge in [0.1, 0.15) is 6.04 Å². The van der Waals surface area contributed by atoms with Crippen LogP contribution in [0.5, 0.6) is 0 Å². The molecule has 1 aliphatic rings. The molecule has 2 atom stereocenters. The van der Waals surface area contributed by atoms with Crippen molar-refractivity contribution in [3.63, 3.8) is 0 Å². The highest BCUT2D eigenvalue weighted by Crippen LogP contribution is 2.19. The molecule has 5 nitrogen and oxygen atoms in total. The van der Waals surface area contributed by atoms with E-state index >= 15 is 0 Å². The Morgan fingerprint density at radius 1 is 1.15 bits per heavy atom. The molecule has 0 saturated heterocycles. The Kier molecular flexibility index (Phi) is 6.06. The van der Waals surface area contributed by atoms with Crippen molar-refractivity contribution in [3.8, 4) is 0 Å². The second-order valence-electron chi connectivity index (χ2n) is 6.76. The van der Waals surface area contributed by atoms with E-state index in [1.165, 1.54) is 22.5 Å². The van der Waals surface area contributed by atoms with Crippen LogP contribution in [0.1, 0.15) is 34.6 Å². The van der Waals surface area contributed by atoms with E-state index in [0.717, 1.165) is 19.5 Å². The van der Waals surface area contributed by atoms with Gasteiger partial charge in [-0.25, -0.2) is 0 Å². The highest BCUT2D eigenvalue weighted by molar-refractivity contribution is 7.12. The molecular weight excluding hydrogens is 346 g/mol. The van der Waals surface area contributed by atoms with Crippen molar-refractivity contribution < 1.29 is 9.59 Å². The minimum absolute atomic E-state index is 0.154. The molecule has 138 valence electrons. The molecule has 3 rings (SSSR count). The Labute approximate surface area is 158 Å². The van der Waals surface area contributed by atoms with Crippen LogP contribution in [0.3, 0.4) is 0 Å². The van der Waals surface area contributed by atoms with Crippen molar-refractivity contribution in [2.45, 2.75) is 38.9 Å². The van der Waals surface area contributed by atoms with E-state index in [4.69, 9.17) is 0 Å². The monoisotopic (exact) mass is 371 g/mol. The molecule has 0 aliphatic carbocycles. The number of rotatable bonds is 6. The number of benzene rings is 1. The van der Waals surface area contributed by atoms with E-state index in [1.54, 1.807) is 13.0 Å². The molecule has 26 heavy (non-hydrogen) atoms. The quantitative estimate of drug-likeness (QED) is 0.820. The van der Waals surface area contributed by atoms with Crippen LogP contribution in [0, 0.1) is 0 Å². The van der Waals surface area contributed by atoms with Crippen LogP contribution in [0.25, 0.3) is 0 Å². The van der Waals surface area contributed by atoms with E-state index in [9.17, 15) is 9.59 Å². The van der Waals surface area contributed by atoms with Gasteiger partial charge in [-0.2, -0.15) is 0 Å². The molecule has 0 fully saturated rings. The van der Waals surface area contributed by atoms with Gasteiger partial charge < -0.3 is 10.6 Å². The van der Waals surface area contributed by atoms with Crippen molar-refractivity contribution in [1.29, 1.82) is 0 Å². The lowest BCUT2D eigenvalue weighted by molar-refractivity contribution is -0.122. The molecular formula is C20H25N3O2S. The van der Waals surface area contributed by atoms with Crippen LogP contribution in [0.2, 0.25) is 0 Å². The van der Waals surface area contributed by atoms with Crippen molar-refractivity contribution >= 4 is 23.2 Å². The van der Waals surface area contributed by atoms with E-state index in [1.807, 2.05) is 11.4 Å². The van der Waals surface area contributed by atoms with Gasteiger partial charge in [-0.05, 0) is 42.8 Å². The minimum atomic E-state index is -0.557. The fraction of sp³-hybridized carbons (Fsp3) is 0.400. The maximum absolute atomic E-state index is 12.3. The van der Waals surface area contributed by atoms with Crippen LogP contribution >= 0.6 is 11.3 Å². The molecule has 2 amide bonds. The summed E-state index contributed by atoms with van der Waals surface area (Å²) in [6.07, 6.45) is 1.04. The summed E-state index contributed by atoms with van der Waals surface area (Å²) in [6.45, 7) is 6.32. The number of carbonyl (C=O) groups is 2. The third kappa shape index (κ3) is 4.51. The summed E-state index contributed by atoms with van der Waals surface area (Å²) in [5.41, 5.74) is 2.79. The highest BCUT2D eigenvalue weighted by Gasteiger charge is 2.22. The lowest BCUT2D eigenvalue weighted by Gasteiger charge is -2.34. The van der Waals surface area contributed by atoms with Crippen molar-refractivity contribution in [1.82, 2.24) is 15.5 Å². The number of amides is 2. The van der Waals surface area contributed by atoms with E-state index in [0.29, 0.717) is 11.4 Å². The van der Waals surface area contributed by atoms with Gasteiger partial charge in [-0.15, -0.1) is 11.3 Å². The first-order chi connectivity index (χ1) is 12.5. The Balaban J connectivity index is 1.46. The first-order valence-corrected chi connectivity index (χ1v) is 9.85. The van der Waals surface area contributed by atoms with E-state index in [-0.39, 0.29) is 17.9 Å². The number of thiophene rings is 1. The molecule has 1 aliphatic heterocycles. The number of carbonyl (C=O) groups excluding carboxylic acids is 2. The van der Waals surface area contributed by atoms with Gasteiger partial charge >= 0.3 is 0 Å². The van der Waals surface area contributed by atoms with Gasteiger partial charge in [0.15, 0.2) is 0 Å². The Morgan fingerprint density at radius 3 is 2.65 bits per heavy atom. The highest BCUT2D eigenvalue weighted by atomic mass is 32.1.